The fourth-order valence-corrected chi connectivity index (χ4v) is 1.82. The highest BCUT2D eigenvalue weighted by Crippen LogP contribution is 2.20. The van der Waals surface area contributed by atoms with Crippen molar-refractivity contribution >= 4 is 11.8 Å². The molecule has 0 saturated heterocycles. The summed E-state index contributed by atoms with van der Waals surface area (Å²) < 4.78 is 10.5. The minimum atomic E-state index is -0.661. The lowest BCUT2D eigenvalue weighted by Crippen LogP contribution is -2.42. The number of methoxy groups -OCH3 is 2. The summed E-state index contributed by atoms with van der Waals surface area (Å²) in [5.74, 6) is -0.291. The van der Waals surface area contributed by atoms with Crippen molar-refractivity contribution in [3.05, 3.63) is 29.8 Å². The van der Waals surface area contributed by atoms with E-state index in [-0.39, 0.29) is 12.6 Å². The van der Waals surface area contributed by atoms with E-state index in [1.807, 2.05) is 38.1 Å². The summed E-state index contributed by atoms with van der Waals surface area (Å²) in [6, 6.07) is 7.38. The first-order chi connectivity index (χ1) is 10.5. The molecule has 0 spiro atoms. The van der Waals surface area contributed by atoms with Gasteiger partial charge in [0, 0.05) is 20.2 Å². The standard InChI is InChI=1S/C16H24N2O4/c1-11(2)9-17-15(19)16(20)18-10-14(22-4)12-6-5-7-13(8-12)21-3/h5-8,11,14H,9-10H2,1-4H3,(H,17,19)(H,18,20). The Morgan fingerprint density at radius 2 is 1.73 bits per heavy atom. The molecule has 0 aliphatic rings. The fourth-order valence-electron chi connectivity index (χ4n) is 1.82. The van der Waals surface area contributed by atoms with Crippen molar-refractivity contribution in [2.24, 2.45) is 5.92 Å². The van der Waals surface area contributed by atoms with Gasteiger partial charge < -0.3 is 20.1 Å². The highest BCUT2D eigenvalue weighted by atomic mass is 16.5. The third-order valence-electron chi connectivity index (χ3n) is 3.08. The van der Waals surface area contributed by atoms with Crippen LogP contribution in [0, 0.1) is 5.92 Å². The molecule has 0 aliphatic heterocycles. The predicted molar refractivity (Wildman–Crippen MR) is 83.6 cm³/mol. The summed E-state index contributed by atoms with van der Waals surface area (Å²) in [5, 5.41) is 5.15. The highest BCUT2D eigenvalue weighted by molar-refractivity contribution is 6.35. The molecule has 6 heteroatoms. The number of ether oxygens (including phenoxy) is 2. The Labute approximate surface area is 131 Å². The summed E-state index contributed by atoms with van der Waals surface area (Å²) in [6.07, 6.45) is -0.350. The summed E-state index contributed by atoms with van der Waals surface area (Å²) in [5.41, 5.74) is 0.865. The predicted octanol–water partition coefficient (Wildman–Crippen LogP) is 1.27. The average molecular weight is 308 g/mol. The van der Waals surface area contributed by atoms with E-state index in [0.717, 1.165) is 5.56 Å². The van der Waals surface area contributed by atoms with Gasteiger partial charge in [0.15, 0.2) is 0 Å². The van der Waals surface area contributed by atoms with Crippen LogP contribution in [0.2, 0.25) is 0 Å². The Morgan fingerprint density at radius 1 is 1.09 bits per heavy atom. The van der Waals surface area contributed by atoms with Crippen LogP contribution in [-0.4, -0.2) is 39.1 Å². The molecule has 1 rings (SSSR count). The zero-order valence-electron chi connectivity index (χ0n) is 13.5. The van der Waals surface area contributed by atoms with Crippen molar-refractivity contribution in [3.8, 4) is 5.75 Å². The number of rotatable bonds is 7. The van der Waals surface area contributed by atoms with Crippen LogP contribution >= 0.6 is 0 Å². The lowest BCUT2D eigenvalue weighted by atomic mass is 10.1. The SMILES string of the molecule is COc1cccc(C(CNC(=O)C(=O)NCC(C)C)OC)c1. The van der Waals surface area contributed by atoms with Gasteiger partial charge in [0.2, 0.25) is 0 Å². The molecule has 0 aliphatic carbocycles. The monoisotopic (exact) mass is 308 g/mol. The highest BCUT2D eigenvalue weighted by Gasteiger charge is 2.17. The quantitative estimate of drug-likeness (QED) is 0.744. The van der Waals surface area contributed by atoms with Gasteiger partial charge in [-0.05, 0) is 23.6 Å². The van der Waals surface area contributed by atoms with Gasteiger partial charge in [-0.3, -0.25) is 9.59 Å². The van der Waals surface area contributed by atoms with Crippen LogP contribution < -0.4 is 15.4 Å². The Balaban J connectivity index is 2.56. The average Bonchev–Trinajstić information content (AvgIpc) is 2.53. The Bertz CT molecular complexity index is 503. The molecule has 0 saturated carbocycles. The molecular formula is C16H24N2O4. The maximum Gasteiger partial charge on any atom is 0.309 e. The third kappa shape index (κ3) is 5.73. The van der Waals surface area contributed by atoms with Crippen molar-refractivity contribution in [1.82, 2.24) is 10.6 Å². The van der Waals surface area contributed by atoms with E-state index in [9.17, 15) is 9.59 Å². The molecule has 2 N–H and O–H groups in total. The van der Waals surface area contributed by atoms with Gasteiger partial charge in [0.05, 0.1) is 13.2 Å². The molecule has 0 fully saturated rings. The maximum atomic E-state index is 11.7. The van der Waals surface area contributed by atoms with Crippen molar-refractivity contribution in [3.63, 3.8) is 0 Å². The molecule has 0 heterocycles. The van der Waals surface area contributed by atoms with Gasteiger partial charge in [-0.1, -0.05) is 26.0 Å². The maximum absolute atomic E-state index is 11.7. The van der Waals surface area contributed by atoms with Crippen LogP contribution in [0.15, 0.2) is 24.3 Å². The molecule has 0 bridgehead atoms. The van der Waals surface area contributed by atoms with E-state index in [1.165, 1.54) is 0 Å². The Morgan fingerprint density at radius 3 is 2.27 bits per heavy atom. The molecule has 0 radical (unpaired) electrons. The zero-order valence-corrected chi connectivity index (χ0v) is 13.5. The zero-order chi connectivity index (χ0) is 16.5. The van der Waals surface area contributed by atoms with Gasteiger partial charge >= 0.3 is 11.8 Å². The number of nitrogens with one attached hydrogen (secondary N) is 2. The topological polar surface area (TPSA) is 76.7 Å². The van der Waals surface area contributed by atoms with Crippen molar-refractivity contribution < 1.29 is 19.1 Å². The molecule has 1 aromatic rings. The minimum absolute atomic E-state index is 0.206. The number of hydrogen-bond donors (Lipinski definition) is 2. The van der Waals surface area contributed by atoms with Gasteiger partial charge in [-0.25, -0.2) is 0 Å². The summed E-state index contributed by atoms with van der Waals surface area (Å²) in [6.45, 7) is 4.59. The third-order valence-corrected chi connectivity index (χ3v) is 3.08. The summed E-state index contributed by atoms with van der Waals surface area (Å²) >= 11 is 0. The van der Waals surface area contributed by atoms with Crippen molar-refractivity contribution in [2.75, 3.05) is 27.3 Å². The van der Waals surface area contributed by atoms with E-state index < -0.39 is 11.8 Å². The van der Waals surface area contributed by atoms with E-state index in [1.54, 1.807) is 14.2 Å². The number of carbonyl (C=O) groups excluding carboxylic acids is 2. The first-order valence-electron chi connectivity index (χ1n) is 7.20. The Kier molecular flexibility index (Phi) is 7.39. The molecule has 1 unspecified atom stereocenters. The second-order valence-electron chi connectivity index (χ2n) is 5.31. The largest absolute Gasteiger partial charge is 0.497 e. The van der Waals surface area contributed by atoms with Crippen LogP contribution in [0.3, 0.4) is 0 Å². The van der Waals surface area contributed by atoms with E-state index >= 15 is 0 Å². The molecule has 2 amide bonds. The minimum Gasteiger partial charge on any atom is -0.497 e. The molecule has 6 nitrogen and oxygen atoms in total. The van der Waals surface area contributed by atoms with Gasteiger partial charge in [-0.15, -0.1) is 0 Å². The van der Waals surface area contributed by atoms with E-state index in [4.69, 9.17) is 9.47 Å². The van der Waals surface area contributed by atoms with Crippen LogP contribution in [0.25, 0.3) is 0 Å². The second-order valence-corrected chi connectivity index (χ2v) is 5.31. The van der Waals surface area contributed by atoms with Gasteiger partial charge in [0.1, 0.15) is 5.75 Å². The van der Waals surface area contributed by atoms with Crippen LogP contribution in [0.5, 0.6) is 5.75 Å². The molecule has 122 valence electrons. The fraction of sp³-hybridized carbons (Fsp3) is 0.500. The first-order valence-corrected chi connectivity index (χ1v) is 7.20. The molecule has 1 atom stereocenters. The Hall–Kier alpha value is -2.08. The van der Waals surface area contributed by atoms with E-state index in [0.29, 0.717) is 18.2 Å². The van der Waals surface area contributed by atoms with E-state index in [2.05, 4.69) is 10.6 Å². The molecule has 0 aromatic heterocycles. The van der Waals surface area contributed by atoms with Crippen molar-refractivity contribution in [2.45, 2.75) is 20.0 Å². The van der Waals surface area contributed by atoms with Gasteiger partial charge in [0.25, 0.3) is 0 Å². The molecular weight excluding hydrogens is 284 g/mol. The van der Waals surface area contributed by atoms with Crippen LogP contribution in [0.4, 0.5) is 0 Å². The van der Waals surface area contributed by atoms with Crippen molar-refractivity contribution in [1.29, 1.82) is 0 Å². The lowest BCUT2D eigenvalue weighted by molar-refractivity contribution is -0.139. The smallest absolute Gasteiger partial charge is 0.309 e. The van der Waals surface area contributed by atoms with Crippen LogP contribution in [0.1, 0.15) is 25.5 Å². The number of hydrogen-bond acceptors (Lipinski definition) is 4. The van der Waals surface area contributed by atoms with Gasteiger partial charge in [-0.2, -0.15) is 0 Å². The summed E-state index contributed by atoms with van der Waals surface area (Å²) in [4.78, 5) is 23.3. The second kappa shape index (κ2) is 9.04. The number of amides is 2. The van der Waals surface area contributed by atoms with Crippen LogP contribution in [-0.2, 0) is 14.3 Å². The number of carbonyl (C=O) groups is 2. The first kappa shape index (κ1) is 18.0. The normalized spacial score (nSPS) is 11.9. The number of benzene rings is 1. The lowest BCUT2D eigenvalue weighted by Gasteiger charge is -2.17. The molecule has 22 heavy (non-hydrogen) atoms. The molecule has 1 aromatic carbocycles. The summed E-state index contributed by atoms with van der Waals surface area (Å²) in [7, 11) is 3.14.